The molecule has 0 radical (unpaired) electrons. The van der Waals surface area contributed by atoms with Crippen LogP contribution in [-0.4, -0.2) is 13.1 Å². The first-order chi connectivity index (χ1) is 5.86. The molecule has 2 nitrogen and oxygen atoms in total. The molecule has 0 heterocycles. The number of hydrogen-bond acceptors (Lipinski definition) is 2. The molecule has 1 aliphatic carbocycles. The van der Waals surface area contributed by atoms with E-state index in [-0.39, 0.29) is 0 Å². The summed E-state index contributed by atoms with van der Waals surface area (Å²) in [6.45, 7) is 1.73. The van der Waals surface area contributed by atoms with Gasteiger partial charge in [-0.25, -0.2) is 0 Å². The molecular weight excluding hydrogens is 148 g/mol. The van der Waals surface area contributed by atoms with Gasteiger partial charge in [0.2, 0.25) is 0 Å². The smallest absolute Gasteiger partial charge is 0.00746 e. The summed E-state index contributed by atoms with van der Waals surface area (Å²) in [4.78, 5) is 0. The van der Waals surface area contributed by atoms with Gasteiger partial charge in [-0.05, 0) is 50.6 Å². The third kappa shape index (κ3) is 3.11. The van der Waals surface area contributed by atoms with E-state index in [0.717, 1.165) is 24.9 Å². The predicted molar refractivity (Wildman–Crippen MR) is 52.8 cm³/mol. The molecule has 0 bridgehead atoms. The Morgan fingerprint density at radius 1 is 0.917 bits per heavy atom. The highest BCUT2D eigenvalue weighted by atomic mass is 14.5. The van der Waals surface area contributed by atoms with Crippen LogP contribution < -0.4 is 11.5 Å². The third-order valence-corrected chi connectivity index (χ3v) is 3.04. The Bertz CT molecular complexity index is 114. The summed E-state index contributed by atoms with van der Waals surface area (Å²) in [5.41, 5.74) is 11.0. The van der Waals surface area contributed by atoms with Gasteiger partial charge in [0, 0.05) is 0 Å². The molecule has 0 saturated heterocycles. The van der Waals surface area contributed by atoms with Crippen molar-refractivity contribution in [2.45, 2.75) is 38.5 Å². The third-order valence-electron chi connectivity index (χ3n) is 3.04. The first kappa shape index (κ1) is 10.0. The van der Waals surface area contributed by atoms with E-state index in [4.69, 9.17) is 11.5 Å². The quantitative estimate of drug-likeness (QED) is 0.657. The molecule has 1 saturated carbocycles. The van der Waals surface area contributed by atoms with Crippen LogP contribution in [0.4, 0.5) is 0 Å². The molecule has 2 atom stereocenters. The lowest BCUT2D eigenvalue weighted by atomic mass is 9.98. The fourth-order valence-corrected chi connectivity index (χ4v) is 2.35. The number of hydrogen-bond donors (Lipinski definition) is 2. The topological polar surface area (TPSA) is 52.0 Å². The maximum atomic E-state index is 5.53. The predicted octanol–water partition coefficient (Wildman–Crippen LogP) is 1.49. The molecule has 2 unspecified atom stereocenters. The number of nitrogens with two attached hydrogens (primary N) is 2. The Kier molecular flexibility index (Phi) is 4.62. The van der Waals surface area contributed by atoms with Gasteiger partial charge in [-0.15, -0.1) is 0 Å². The Hall–Kier alpha value is -0.0800. The molecule has 0 aromatic heterocycles. The van der Waals surface area contributed by atoms with E-state index in [1.807, 2.05) is 0 Å². The Morgan fingerprint density at radius 2 is 1.58 bits per heavy atom. The van der Waals surface area contributed by atoms with Gasteiger partial charge in [0.25, 0.3) is 0 Å². The van der Waals surface area contributed by atoms with Gasteiger partial charge in [-0.3, -0.25) is 0 Å². The maximum Gasteiger partial charge on any atom is -0.00746 e. The van der Waals surface area contributed by atoms with Crippen LogP contribution in [0.3, 0.4) is 0 Å². The number of rotatable bonds is 5. The Balaban J connectivity index is 2.08. The van der Waals surface area contributed by atoms with Crippen LogP contribution in [0.1, 0.15) is 38.5 Å². The summed E-state index contributed by atoms with van der Waals surface area (Å²) in [6, 6.07) is 0. The summed E-state index contributed by atoms with van der Waals surface area (Å²) in [5, 5.41) is 0. The van der Waals surface area contributed by atoms with E-state index in [9.17, 15) is 0 Å². The molecule has 1 fully saturated rings. The molecule has 0 aliphatic heterocycles. The van der Waals surface area contributed by atoms with Crippen molar-refractivity contribution >= 4 is 0 Å². The molecule has 72 valence electrons. The normalized spacial score (nSPS) is 29.5. The highest BCUT2D eigenvalue weighted by Gasteiger charge is 2.22. The highest BCUT2D eigenvalue weighted by molar-refractivity contribution is 4.75. The molecule has 12 heavy (non-hydrogen) atoms. The fourth-order valence-electron chi connectivity index (χ4n) is 2.35. The molecule has 0 amide bonds. The van der Waals surface area contributed by atoms with E-state index in [0.29, 0.717) is 0 Å². The lowest BCUT2D eigenvalue weighted by Crippen LogP contribution is -2.06. The minimum absolute atomic E-state index is 0.859. The fraction of sp³-hybridized carbons (Fsp3) is 1.00. The van der Waals surface area contributed by atoms with E-state index >= 15 is 0 Å². The van der Waals surface area contributed by atoms with Crippen molar-refractivity contribution in [1.29, 1.82) is 0 Å². The van der Waals surface area contributed by atoms with Crippen molar-refractivity contribution in [3.05, 3.63) is 0 Å². The molecule has 2 heteroatoms. The molecule has 1 rings (SSSR count). The minimum atomic E-state index is 0.859. The SMILES string of the molecule is NCCCC1CCC(CCN)C1. The molecule has 0 spiro atoms. The zero-order chi connectivity index (χ0) is 8.81. The van der Waals surface area contributed by atoms with Gasteiger partial charge in [-0.1, -0.05) is 12.8 Å². The first-order valence-electron chi connectivity index (χ1n) is 5.27. The summed E-state index contributed by atoms with van der Waals surface area (Å²) in [7, 11) is 0. The molecule has 0 aromatic carbocycles. The van der Waals surface area contributed by atoms with E-state index < -0.39 is 0 Å². The zero-order valence-electron chi connectivity index (χ0n) is 7.97. The second-order valence-electron chi connectivity index (χ2n) is 4.05. The van der Waals surface area contributed by atoms with Crippen molar-refractivity contribution < 1.29 is 0 Å². The van der Waals surface area contributed by atoms with Gasteiger partial charge in [0.05, 0.1) is 0 Å². The van der Waals surface area contributed by atoms with Crippen LogP contribution in [0.2, 0.25) is 0 Å². The Morgan fingerprint density at radius 3 is 2.17 bits per heavy atom. The monoisotopic (exact) mass is 170 g/mol. The van der Waals surface area contributed by atoms with Crippen LogP contribution >= 0.6 is 0 Å². The van der Waals surface area contributed by atoms with E-state index in [1.165, 1.54) is 38.5 Å². The lowest BCUT2D eigenvalue weighted by molar-refractivity contribution is 0.442. The summed E-state index contributed by atoms with van der Waals surface area (Å²) in [6.07, 6.45) is 8.03. The van der Waals surface area contributed by atoms with Gasteiger partial charge < -0.3 is 11.5 Å². The van der Waals surface area contributed by atoms with Crippen molar-refractivity contribution in [3.8, 4) is 0 Å². The van der Waals surface area contributed by atoms with Gasteiger partial charge >= 0.3 is 0 Å². The van der Waals surface area contributed by atoms with Crippen LogP contribution in [0.5, 0.6) is 0 Å². The average molecular weight is 170 g/mol. The van der Waals surface area contributed by atoms with Crippen molar-refractivity contribution in [1.82, 2.24) is 0 Å². The van der Waals surface area contributed by atoms with Gasteiger partial charge in [-0.2, -0.15) is 0 Å². The maximum absolute atomic E-state index is 5.53. The van der Waals surface area contributed by atoms with E-state index in [2.05, 4.69) is 0 Å². The minimum Gasteiger partial charge on any atom is -0.330 e. The van der Waals surface area contributed by atoms with Crippen LogP contribution in [0.15, 0.2) is 0 Å². The summed E-state index contributed by atoms with van der Waals surface area (Å²) in [5.74, 6) is 1.89. The Labute approximate surface area is 75.7 Å². The molecular formula is C10H22N2. The van der Waals surface area contributed by atoms with Gasteiger partial charge in [0.1, 0.15) is 0 Å². The largest absolute Gasteiger partial charge is 0.330 e. The van der Waals surface area contributed by atoms with Crippen molar-refractivity contribution in [2.75, 3.05) is 13.1 Å². The second kappa shape index (κ2) is 5.55. The standard InChI is InChI=1S/C10H22N2/c11-6-1-2-9-3-4-10(8-9)5-7-12/h9-10H,1-8,11-12H2. The highest BCUT2D eigenvalue weighted by Crippen LogP contribution is 2.35. The van der Waals surface area contributed by atoms with Crippen LogP contribution in [0, 0.1) is 11.8 Å². The van der Waals surface area contributed by atoms with E-state index in [1.54, 1.807) is 0 Å². The van der Waals surface area contributed by atoms with Crippen LogP contribution in [-0.2, 0) is 0 Å². The molecule has 4 N–H and O–H groups in total. The van der Waals surface area contributed by atoms with Crippen molar-refractivity contribution in [3.63, 3.8) is 0 Å². The lowest BCUT2D eigenvalue weighted by Gasteiger charge is -2.09. The molecule has 1 aliphatic rings. The first-order valence-corrected chi connectivity index (χ1v) is 5.27. The summed E-state index contributed by atoms with van der Waals surface area (Å²) < 4.78 is 0. The second-order valence-corrected chi connectivity index (χ2v) is 4.05. The van der Waals surface area contributed by atoms with Gasteiger partial charge in [0.15, 0.2) is 0 Å². The zero-order valence-corrected chi connectivity index (χ0v) is 7.97. The summed E-state index contributed by atoms with van der Waals surface area (Å²) >= 11 is 0. The van der Waals surface area contributed by atoms with Crippen LogP contribution in [0.25, 0.3) is 0 Å². The van der Waals surface area contributed by atoms with Crippen molar-refractivity contribution in [2.24, 2.45) is 23.3 Å². The average Bonchev–Trinajstić information content (AvgIpc) is 2.50. The molecule has 0 aromatic rings.